The summed E-state index contributed by atoms with van der Waals surface area (Å²) in [5.74, 6) is 2.59. The highest BCUT2D eigenvalue weighted by Gasteiger charge is 2.26. The lowest BCUT2D eigenvalue weighted by atomic mass is 10.1. The molecule has 0 saturated carbocycles. The normalized spacial score (nSPS) is 15.2. The molecule has 2 aromatic carbocycles. The molecule has 118 valence electrons. The Hall–Kier alpha value is -2.89. The lowest BCUT2D eigenvalue weighted by Gasteiger charge is -2.29. The van der Waals surface area contributed by atoms with Crippen LogP contribution in [0, 0.1) is 0 Å². The van der Waals surface area contributed by atoms with E-state index in [0.29, 0.717) is 29.4 Å². The number of hydrogen-bond acceptors (Lipinski definition) is 5. The van der Waals surface area contributed by atoms with E-state index in [1.54, 1.807) is 30.2 Å². The summed E-state index contributed by atoms with van der Waals surface area (Å²) in [6.07, 6.45) is 0. The maximum Gasteiger partial charge on any atom is 0.260 e. The third-order valence-corrected chi connectivity index (χ3v) is 3.89. The SMILES string of the molecule is COc1ccc2c(c1)OCN(Cc1ccc3c(c1)OCO3)C2=O. The first-order chi connectivity index (χ1) is 11.2. The Balaban J connectivity index is 1.55. The van der Waals surface area contributed by atoms with Gasteiger partial charge in [-0.1, -0.05) is 6.07 Å². The molecule has 0 unspecified atom stereocenters. The number of hydrogen-bond donors (Lipinski definition) is 0. The summed E-state index contributed by atoms with van der Waals surface area (Å²) in [7, 11) is 1.58. The monoisotopic (exact) mass is 313 g/mol. The molecule has 0 aromatic heterocycles. The van der Waals surface area contributed by atoms with E-state index >= 15 is 0 Å². The standard InChI is InChI=1S/C17H15NO5/c1-20-12-3-4-13-15(7-12)21-9-18(17(13)19)8-11-2-5-14-16(6-11)23-10-22-14/h2-7H,8-10H2,1H3. The number of amides is 1. The molecule has 0 fully saturated rings. The Labute approximate surface area is 133 Å². The molecule has 1 amide bonds. The van der Waals surface area contributed by atoms with E-state index in [4.69, 9.17) is 18.9 Å². The van der Waals surface area contributed by atoms with Crippen LogP contribution in [0.25, 0.3) is 0 Å². The summed E-state index contributed by atoms with van der Waals surface area (Å²) in [6.45, 7) is 0.883. The second-order valence-electron chi connectivity index (χ2n) is 5.33. The first kappa shape index (κ1) is 13.8. The van der Waals surface area contributed by atoms with Gasteiger partial charge in [-0.2, -0.15) is 0 Å². The number of nitrogens with zero attached hydrogens (tertiary/aromatic N) is 1. The zero-order valence-electron chi connectivity index (χ0n) is 12.6. The molecule has 2 aliphatic heterocycles. The summed E-state index contributed by atoms with van der Waals surface area (Å²) >= 11 is 0. The van der Waals surface area contributed by atoms with E-state index in [1.807, 2.05) is 18.2 Å². The van der Waals surface area contributed by atoms with Crippen molar-refractivity contribution in [3.63, 3.8) is 0 Å². The number of benzene rings is 2. The number of rotatable bonds is 3. The maximum absolute atomic E-state index is 12.6. The van der Waals surface area contributed by atoms with Gasteiger partial charge in [0.2, 0.25) is 6.79 Å². The highest BCUT2D eigenvalue weighted by atomic mass is 16.7. The third kappa shape index (κ3) is 2.42. The average molecular weight is 313 g/mol. The van der Waals surface area contributed by atoms with Gasteiger partial charge in [0.05, 0.1) is 12.7 Å². The van der Waals surface area contributed by atoms with Crippen molar-refractivity contribution >= 4 is 5.91 Å². The summed E-state index contributed by atoms with van der Waals surface area (Å²) in [5.41, 5.74) is 1.50. The molecule has 4 rings (SSSR count). The zero-order valence-corrected chi connectivity index (χ0v) is 12.6. The molecule has 6 heteroatoms. The number of methoxy groups -OCH3 is 1. The van der Waals surface area contributed by atoms with E-state index in [-0.39, 0.29) is 19.4 Å². The molecule has 0 radical (unpaired) electrons. The molecule has 0 spiro atoms. The van der Waals surface area contributed by atoms with Crippen LogP contribution in [-0.2, 0) is 6.54 Å². The number of fused-ring (bicyclic) bond motifs is 2. The summed E-state index contributed by atoms with van der Waals surface area (Å²) in [4.78, 5) is 14.2. The van der Waals surface area contributed by atoms with Crippen molar-refractivity contribution in [1.82, 2.24) is 4.90 Å². The number of carbonyl (C=O) groups is 1. The van der Waals surface area contributed by atoms with Gasteiger partial charge in [-0.05, 0) is 29.8 Å². The number of ether oxygens (including phenoxy) is 4. The van der Waals surface area contributed by atoms with Gasteiger partial charge in [0, 0.05) is 12.6 Å². The summed E-state index contributed by atoms with van der Waals surface area (Å²) < 4.78 is 21.5. The Morgan fingerprint density at radius 1 is 1.04 bits per heavy atom. The smallest absolute Gasteiger partial charge is 0.260 e. The van der Waals surface area contributed by atoms with Gasteiger partial charge < -0.3 is 23.8 Å². The van der Waals surface area contributed by atoms with E-state index in [0.717, 1.165) is 11.3 Å². The van der Waals surface area contributed by atoms with Gasteiger partial charge in [-0.25, -0.2) is 0 Å². The van der Waals surface area contributed by atoms with Crippen molar-refractivity contribution in [1.29, 1.82) is 0 Å². The molecule has 6 nitrogen and oxygen atoms in total. The van der Waals surface area contributed by atoms with Crippen LogP contribution in [-0.4, -0.2) is 31.4 Å². The molecular formula is C17H15NO5. The van der Waals surface area contributed by atoms with E-state index < -0.39 is 0 Å². The predicted octanol–water partition coefficient (Wildman–Crippen LogP) is 2.42. The van der Waals surface area contributed by atoms with Crippen LogP contribution in [0.3, 0.4) is 0 Å². The van der Waals surface area contributed by atoms with Gasteiger partial charge in [0.25, 0.3) is 5.91 Å². The van der Waals surface area contributed by atoms with Gasteiger partial charge >= 0.3 is 0 Å². The van der Waals surface area contributed by atoms with Crippen LogP contribution in [0.15, 0.2) is 36.4 Å². The predicted molar refractivity (Wildman–Crippen MR) is 80.9 cm³/mol. The van der Waals surface area contributed by atoms with Crippen LogP contribution in [0.1, 0.15) is 15.9 Å². The van der Waals surface area contributed by atoms with E-state index in [1.165, 1.54) is 0 Å². The molecule has 0 bridgehead atoms. The quantitative estimate of drug-likeness (QED) is 0.871. The van der Waals surface area contributed by atoms with Gasteiger partial charge in [-0.15, -0.1) is 0 Å². The zero-order chi connectivity index (χ0) is 15.8. The fraction of sp³-hybridized carbons (Fsp3) is 0.235. The molecular weight excluding hydrogens is 298 g/mol. The second-order valence-corrected chi connectivity index (χ2v) is 5.33. The van der Waals surface area contributed by atoms with Crippen LogP contribution in [0.2, 0.25) is 0 Å². The van der Waals surface area contributed by atoms with Crippen molar-refractivity contribution < 1.29 is 23.7 Å². The van der Waals surface area contributed by atoms with Gasteiger partial charge in [0.1, 0.15) is 11.5 Å². The number of carbonyl (C=O) groups excluding carboxylic acids is 1. The molecule has 0 atom stereocenters. The topological polar surface area (TPSA) is 57.2 Å². The average Bonchev–Trinajstić information content (AvgIpc) is 3.05. The molecule has 2 aromatic rings. The Morgan fingerprint density at radius 3 is 2.78 bits per heavy atom. The third-order valence-electron chi connectivity index (χ3n) is 3.89. The van der Waals surface area contributed by atoms with Crippen molar-refractivity contribution in [2.24, 2.45) is 0 Å². The van der Waals surface area contributed by atoms with Crippen LogP contribution >= 0.6 is 0 Å². The van der Waals surface area contributed by atoms with Crippen molar-refractivity contribution in [2.75, 3.05) is 20.6 Å². The van der Waals surface area contributed by atoms with Gasteiger partial charge in [-0.3, -0.25) is 4.79 Å². The highest BCUT2D eigenvalue weighted by molar-refractivity contribution is 5.97. The minimum atomic E-state index is -0.0634. The minimum absolute atomic E-state index is 0.0634. The largest absolute Gasteiger partial charge is 0.497 e. The molecule has 0 aliphatic carbocycles. The molecule has 0 N–H and O–H groups in total. The molecule has 2 aliphatic rings. The minimum Gasteiger partial charge on any atom is -0.497 e. The van der Waals surface area contributed by atoms with Crippen molar-refractivity contribution in [3.05, 3.63) is 47.5 Å². The highest BCUT2D eigenvalue weighted by Crippen LogP contribution is 2.34. The lowest BCUT2D eigenvalue weighted by Crippen LogP contribution is -2.38. The molecule has 0 saturated heterocycles. The van der Waals surface area contributed by atoms with Crippen LogP contribution < -0.4 is 18.9 Å². The second kappa shape index (κ2) is 5.39. The lowest BCUT2D eigenvalue weighted by molar-refractivity contribution is 0.0498. The molecule has 2 heterocycles. The Bertz CT molecular complexity index is 774. The summed E-state index contributed by atoms with van der Waals surface area (Å²) in [6, 6.07) is 10.9. The van der Waals surface area contributed by atoms with Crippen molar-refractivity contribution in [2.45, 2.75) is 6.54 Å². The van der Waals surface area contributed by atoms with Crippen LogP contribution in [0.4, 0.5) is 0 Å². The first-order valence-corrected chi connectivity index (χ1v) is 7.23. The Morgan fingerprint density at radius 2 is 1.91 bits per heavy atom. The van der Waals surface area contributed by atoms with E-state index in [9.17, 15) is 4.79 Å². The molecule has 23 heavy (non-hydrogen) atoms. The van der Waals surface area contributed by atoms with Crippen molar-refractivity contribution in [3.8, 4) is 23.0 Å². The summed E-state index contributed by atoms with van der Waals surface area (Å²) in [5, 5.41) is 0. The van der Waals surface area contributed by atoms with Gasteiger partial charge in [0.15, 0.2) is 18.2 Å². The van der Waals surface area contributed by atoms with Crippen LogP contribution in [0.5, 0.6) is 23.0 Å². The van der Waals surface area contributed by atoms with E-state index in [2.05, 4.69) is 0 Å². The maximum atomic E-state index is 12.6. The fourth-order valence-corrected chi connectivity index (χ4v) is 2.68. The Kier molecular flexibility index (Phi) is 3.22. The fourth-order valence-electron chi connectivity index (χ4n) is 2.68. The first-order valence-electron chi connectivity index (χ1n) is 7.23.